The average molecular weight is 190 g/mol. The first kappa shape index (κ1) is 8.27. The van der Waals surface area contributed by atoms with Crippen LogP contribution in [0.15, 0.2) is 36.4 Å². The summed E-state index contributed by atoms with van der Waals surface area (Å²) in [7, 11) is 0. The fraction of sp³-hybridized carbons (Fsp3) is 0. The van der Waals surface area contributed by atoms with Crippen molar-refractivity contribution in [2.75, 3.05) is 0 Å². The lowest BCUT2D eigenvalue weighted by molar-refractivity contribution is 0.563. The van der Waals surface area contributed by atoms with E-state index < -0.39 is 0 Å². The third-order valence-corrected chi connectivity index (χ3v) is 2.19. The molecular formula is C11H6ClO. The fourth-order valence-corrected chi connectivity index (χ4v) is 1.51. The number of halogens is 1. The van der Waals surface area contributed by atoms with Crippen molar-refractivity contribution in [3.05, 3.63) is 47.0 Å². The summed E-state index contributed by atoms with van der Waals surface area (Å²) in [6.45, 7) is 0. The molecule has 0 spiro atoms. The molecule has 2 rings (SSSR count). The predicted octanol–water partition coefficient (Wildman–Crippen LogP) is 2.95. The molecule has 0 N–H and O–H groups in total. The van der Waals surface area contributed by atoms with Crippen molar-refractivity contribution in [3.8, 4) is 0 Å². The van der Waals surface area contributed by atoms with Crippen molar-refractivity contribution in [2.24, 2.45) is 0 Å². The minimum atomic E-state index is 0.556. The summed E-state index contributed by atoms with van der Waals surface area (Å²) in [5.74, 6) is 0. The highest BCUT2D eigenvalue weighted by Crippen LogP contribution is 2.21. The maximum absolute atomic E-state index is 10.6. The number of hydrogen-bond acceptors (Lipinski definition) is 1. The SMILES string of the molecule is O=[C]c1cccc2ccc(Cl)cc12. The van der Waals surface area contributed by atoms with Crippen LogP contribution in [-0.4, -0.2) is 6.29 Å². The molecule has 0 heterocycles. The molecule has 1 radical (unpaired) electrons. The van der Waals surface area contributed by atoms with Crippen LogP contribution in [0.1, 0.15) is 5.56 Å². The van der Waals surface area contributed by atoms with Crippen LogP contribution >= 0.6 is 11.6 Å². The van der Waals surface area contributed by atoms with Crippen LogP contribution in [0.5, 0.6) is 0 Å². The summed E-state index contributed by atoms with van der Waals surface area (Å²) in [4.78, 5) is 10.6. The Morgan fingerprint density at radius 2 is 2.00 bits per heavy atom. The van der Waals surface area contributed by atoms with Crippen LogP contribution in [-0.2, 0) is 4.79 Å². The Labute approximate surface area is 80.9 Å². The van der Waals surface area contributed by atoms with Crippen molar-refractivity contribution < 1.29 is 4.79 Å². The summed E-state index contributed by atoms with van der Waals surface area (Å²) in [5.41, 5.74) is 0.556. The van der Waals surface area contributed by atoms with E-state index in [0.29, 0.717) is 10.6 Å². The van der Waals surface area contributed by atoms with Crippen molar-refractivity contribution in [3.63, 3.8) is 0 Å². The first-order chi connectivity index (χ1) is 6.31. The van der Waals surface area contributed by atoms with E-state index in [-0.39, 0.29) is 0 Å². The van der Waals surface area contributed by atoms with E-state index in [9.17, 15) is 4.79 Å². The van der Waals surface area contributed by atoms with Crippen molar-refractivity contribution in [2.45, 2.75) is 0 Å². The molecule has 0 atom stereocenters. The highest BCUT2D eigenvalue weighted by molar-refractivity contribution is 6.31. The largest absolute Gasteiger partial charge is 0.285 e. The summed E-state index contributed by atoms with van der Waals surface area (Å²) >= 11 is 5.82. The standard InChI is InChI=1S/C11H6ClO/c12-10-5-4-8-2-1-3-9(7-13)11(8)6-10/h1-6H. The molecule has 13 heavy (non-hydrogen) atoms. The van der Waals surface area contributed by atoms with E-state index in [4.69, 9.17) is 11.6 Å². The number of fused-ring (bicyclic) bond motifs is 1. The molecule has 0 amide bonds. The van der Waals surface area contributed by atoms with Gasteiger partial charge in [-0.3, -0.25) is 4.79 Å². The molecule has 0 saturated carbocycles. The molecule has 0 saturated heterocycles. The molecule has 0 aliphatic carbocycles. The van der Waals surface area contributed by atoms with Gasteiger partial charge in [0.05, 0.1) is 0 Å². The number of hydrogen-bond donors (Lipinski definition) is 0. The topological polar surface area (TPSA) is 17.1 Å². The minimum absolute atomic E-state index is 0.556. The van der Waals surface area contributed by atoms with Gasteiger partial charge >= 0.3 is 0 Å². The van der Waals surface area contributed by atoms with Crippen LogP contribution < -0.4 is 0 Å². The summed E-state index contributed by atoms with van der Waals surface area (Å²) in [6, 6.07) is 11.0. The first-order valence-electron chi connectivity index (χ1n) is 3.88. The zero-order chi connectivity index (χ0) is 9.26. The normalized spacial score (nSPS) is 10.2. The van der Waals surface area contributed by atoms with Gasteiger partial charge in [0, 0.05) is 10.6 Å². The third-order valence-electron chi connectivity index (χ3n) is 1.95. The zero-order valence-electron chi connectivity index (χ0n) is 6.75. The van der Waals surface area contributed by atoms with Gasteiger partial charge in [-0.15, -0.1) is 0 Å². The Morgan fingerprint density at radius 3 is 2.77 bits per heavy atom. The zero-order valence-corrected chi connectivity index (χ0v) is 7.51. The van der Waals surface area contributed by atoms with E-state index in [1.54, 1.807) is 18.2 Å². The molecule has 1 nitrogen and oxygen atoms in total. The lowest BCUT2D eigenvalue weighted by Crippen LogP contribution is -1.82. The van der Waals surface area contributed by atoms with E-state index >= 15 is 0 Å². The smallest absolute Gasteiger partial charge is 0.234 e. The van der Waals surface area contributed by atoms with Gasteiger partial charge in [0.25, 0.3) is 0 Å². The van der Waals surface area contributed by atoms with Crippen LogP contribution in [0.25, 0.3) is 10.8 Å². The van der Waals surface area contributed by atoms with E-state index in [0.717, 1.165) is 10.8 Å². The maximum Gasteiger partial charge on any atom is 0.234 e. The fourth-order valence-electron chi connectivity index (χ4n) is 1.33. The van der Waals surface area contributed by atoms with Gasteiger partial charge in [-0.2, -0.15) is 0 Å². The van der Waals surface area contributed by atoms with E-state index in [1.807, 2.05) is 24.5 Å². The molecule has 0 bridgehead atoms. The Kier molecular flexibility index (Phi) is 2.03. The van der Waals surface area contributed by atoms with Crippen LogP contribution in [0.3, 0.4) is 0 Å². The second-order valence-corrected chi connectivity index (χ2v) is 3.21. The lowest BCUT2D eigenvalue weighted by atomic mass is 10.1. The monoisotopic (exact) mass is 189 g/mol. The Morgan fingerprint density at radius 1 is 1.15 bits per heavy atom. The summed E-state index contributed by atoms with van der Waals surface area (Å²) in [6.07, 6.45) is 1.89. The summed E-state index contributed by atoms with van der Waals surface area (Å²) in [5, 5.41) is 2.49. The number of rotatable bonds is 1. The van der Waals surface area contributed by atoms with E-state index in [2.05, 4.69) is 0 Å². The predicted molar refractivity (Wildman–Crippen MR) is 53.8 cm³/mol. The number of benzene rings is 2. The Hall–Kier alpha value is -1.34. The van der Waals surface area contributed by atoms with Crippen LogP contribution in [0.2, 0.25) is 5.02 Å². The lowest BCUT2D eigenvalue weighted by Gasteiger charge is -1.99. The van der Waals surface area contributed by atoms with Gasteiger partial charge in [-0.25, -0.2) is 0 Å². The molecule has 0 aliphatic rings. The van der Waals surface area contributed by atoms with Gasteiger partial charge in [-0.05, 0) is 22.9 Å². The van der Waals surface area contributed by atoms with Crippen molar-refractivity contribution in [1.82, 2.24) is 0 Å². The Balaban J connectivity index is 2.86. The van der Waals surface area contributed by atoms with Gasteiger partial charge in [0.1, 0.15) is 0 Å². The summed E-state index contributed by atoms with van der Waals surface area (Å²) < 4.78 is 0. The van der Waals surface area contributed by atoms with Gasteiger partial charge in [0.2, 0.25) is 6.29 Å². The average Bonchev–Trinajstić information content (AvgIpc) is 2.17. The molecule has 2 aromatic rings. The Bertz CT molecular complexity index is 463. The molecule has 0 aromatic heterocycles. The third kappa shape index (κ3) is 1.43. The van der Waals surface area contributed by atoms with Gasteiger partial charge in [0.15, 0.2) is 0 Å². The van der Waals surface area contributed by atoms with Crippen LogP contribution in [0.4, 0.5) is 0 Å². The van der Waals surface area contributed by atoms with Crippen molar-refractivity contribution >= 4 is 28.7 Å². The van der Waals surface area contributed by atoms with Crippen molar-refractivity contribution in [1.29, 1.82) is 0 Å². The second-order valence-electron chi connectivity index (χ2n) is 2.77. The minimum Gasteiger partial charge on any atom is -0.285 e. The quantitative estimate of drug-likeness (QED) is 0.674. The highest BCUT2D eigenvalue weighted by atomic mass is 35.5. The first-order valence-corrected chi connectivity index (χ1v) is 4.25. The molecular weight excluding hydrogens is 184 g/mol. The second kappa shape index (κ2) is 3.19. The number of carbonyl (C=O) groups excluding carboxylic acids is 1. The molecule has 63 valence electrons. The molecule has 2 heteroatoms. The molecule has 2 aromatic carbocycles. The van der Waals surface area contributed by atoms with Crippen LogP contribution in [0, 0.1) is 0 Å². The van der Waals surface area contributed by atoms with Gasteiger partial charge in [-0.1, -0.05) is 35.9 Å². The van der Waals surface area contributed by atoms with Gasteiger partial charge < -0.3 is 0 Å². The maximum atomic E-state index is 10.6. The molecule has 0 unspecified atom stereocenters. The molecule has 0 aliphatic heterocycles. The highest BCUT2D eigenvalue weighted by Gasteiger charge is 2.00. The van der Waals surface area contributed by atoms with E-state index in [1.165, 1.54) is 0 Å². The molecule has 0 fully saturated rings.